The first-order valence-electron chi connectivity index (χ1n) is 6.77. The lowest BCUT2D eigenvalue weighted by Crippen LogP contribution is -2.26. The molecule has 9 heteroatoms. The van der Waals surface area contributed by atoms with Crippen molar-refractivity contribution in [3.05, 3.63) is 28.2 Å². The van der Waals surface area contributed by atoms with Crippen LogP contribution in [-0.2, 0) is 9.09 Å². The lowest BCUT2D eigenvalue weighted by atomic mass is 10.3. The third kappa shape index (κ3) is 6.65. The van der Waals surface area contributed by atoms with Crippen molar-refractivity contribution in [2.24, 2.45) is 0 Å². The average molecular weight is 401 g/mol. The Labute approximate surface area is 150 Å². The summed E-state index contributed by atoms with van der Waals surface area (Å²) in [5.41, 5.74) is 0.545. The Kier molecular flexibility index (Phi) is 8.54. The summed E-state index contributed by atoms with van der Waals surface area (Å²) in [6.45, 7) is 3.00. The van der Waals surface area contributed by atoms with E-state index in [0.29, 0.717) is 22.3 Å². The normalized spacial score (nSPS) is 15.0. The molecule has 0 amide bonds. The van der Waals surface area contributed by atoms with Gasteiger partial charge in [-0.2, -0.15) is 0 Å². The van der Waals surface area contributed by atoms with Crippen LogP contribution in [0.25, 0.3) is 0 Å². The quantitative estimate of drug-likeness (QED) is 0.435. The highest BCUT2D eigenvalue weighted by Gasteiger charge is 2.27. The van der Waals surface area contributed by atoms with Crippen molar-refractivity contribution in [1.82, 2.24) is 5.09 Å². The van der Waals surface area contributed by atoms with Crippen molar-refractivity contribution in [3.63, 3.8) is 0 Å². The summed E-state index contributed by atoms with van der Waals surface area (Å²) in [7, 11) is 0. The smallest absolute Gasteiger partial charge is 0.331 e. The zero-order valence-electron chi connectivity index (χ0n) is 12.6. The third-order valence-electron chi connectivity index (χ3n) is 2.61. The average Bonchev–Trinajstić information content (AvgIpc) is 2.42. The number of benzene rings is 1. The first kappa shape index (κ1) is 20.1. The molecule has 4 nitrogen and oxygen atoms in total. The van der Waals surface area contributed by atoms with Gasteiger partial charge >= 0.3 is 6.72 Å². The molecule has 0 aromatic heterocycles. The van der Waals surface area contributed by atoms with Crippen LogP contribution >= 0.6 is 53.5 Å². The molecule has 0 aliphatic carbocycles. The molecule has 124 valence electrons. The van der Waals surface area contributed by atoms with Crippen LogP contribution in [0.3, 0.4) is 0 Å². The maximum Gasteiger partial charge on any atom is 0.353 e. The molecule has 0 heterocycles. The van der Waals surface area contributed by atoms with Gasteiger partial charge in [0.1, 0.15) is 0 Å². The fourth-order valence-electron chi connectivity index (χ4n) is 1.44. The second-order valence-corrected chi connectivity index (χ2v) is 10.2. The number of hydrogen-bond acceptors (Lipinski definition) is 4. The number of nitrogens with one attached hydrogen (secondary N) is 2. The molecule has 0 bridgehead atoms. The van der Waals surface area contributed by atoms with Crippen LogP contribution in [0.5, 0.6) is 0 Å². The van der Waals surface area contributed by atoms with Crippen molar-refractivity contribution in [3.8, 4) is 0 Å². The maximum absolute atomic E-state index is 12.8. The molecule has 0 saturated carbocycles. The number of halogens is 2. The zero-order valence-corrected chi connectivity index (χ0v) is 16.6. The summed E-state index contributed by atoms with van der Waals surface area (Å²) in [5, 5.41) is 7.02. The predicted molar refractivity (Wildman–Crippen MR) is 102 cm³/mol. The van der Waals surface area contributed by atoms with Crippen LogP contribution in [0.1, 0.15) is 27.2 Å². The highest BCUT2D eigenvalue weighted by Crippen LogP contribution is 2.58. The Hall–Kier alpha value is 0.0300. The molecule has 2 N–H and O–H groups in total. The number of hydrogen-bond donors (Lipinski definition) is 2. The van der Waals surface area contributed by atoms with E-state index >= 15 is 0 Å². The lowest BCUT2D eigenvalue weighted by Gasteiger charge is -2.22. The van der Waals surface area contributed by atoms with E-state index in [1.54, 1.807) is 25.1 Å². The topological polar surface area (TPSA) is 50.4 Å². The second-order valence-electron chi connectivity index (χ2n) is 4.43. The van der Waals surface area contributed by atoms with Gasteiger partial charge in [-0.25, -0.2) is 0 Å². The van der Waals surface area contributed by atoms with E-state index in [0.717, 1.165) is 6.42 Å². The minimum absolute atomic E-state index is 0.178. The van der Waals surface area contributed by atoms with Gasteiger partial charge in [-0.15, -0.1) is 0 Å². The first-order chi connectivity index (χ1) is 10.3. The van der Waals surface area contributed by atoms with Gasteiger partial charge in [-0.05, 0) is 55.1 Å². The summed E-state index contributed by atoms with van der Waals surface area (Å²) in [6, 6.07) is 4.98. The van der Waals surface area contributed by atoms with E-state index in [2.05, 4.69) is 10.4 Å². The molecule has 1 aromatic rings. The van der Waals surface area contributed by atoms with E-state index < -0.39 is 6.72 Å². The largest absolute Gasteiger partial charge is 0.353 e. The van der Waals surface area contributed by atoms with Crippen LogP contribution in [-0.4, -0.2) is 17.0 Å². The molecule has 22 heavy (non-hydrogen) atoms. The molecule has 0 saturated heterocycles. The third-order valence-corrected chi connectivity index (χ3v) is 8.10. The monoisotopic (exact) mass is 400 g/mol. The summed E-state index contributed by atoms with van der Waals surface area (Å²) >= 11 is 18.4. The zero-order chi connectivity index (χ0) is 16.8. The molecular weight excluding hydrogens is 382 g/mol. The fraction of sp³-hybridized carbons (Fsp3) is 0.462. The standard InChI is InChI=1S/C13H19Cl2N2O2PS2/c1-4-9(3)22-20(18,19-5-2)17-13(21)16-12-8-10(14)6-7-11(12)15/h6-9H,4-5H2,1-3H3,(H2,16,17,18,21). The van der Waals surface area contributed by atoms with Gasteiger partial charge in [-0.1, -0.05) is 37.0 Å². The van der Waals surface area contributed by atoms with Gasteiger partial charge in [-0.3, -0.25) is 9.65 Å². The summed E-state index contributed by atoms with van der Waals surface area (Å²) in [6.07, 6.45) is 0.879. The molecule has 2 unspecified atom stereocenters. The second kappa shape index (κ2) is 9.36. The Bertz CT molecular complexity index is 575. The molecule has 0 aliphatic rings. The highest BCUT2D eigenvalue weighted by molar-refractivity contribution is 8.56. The number of thiocarbonyl (C=S) groups is 1. The summed E-state index contributed by atoms with van der Waals surface area (Å²) in [5.74, 6) is 0. The molecule has 0 fully saturated rings. The molecule has 0 radical (unpaired) electrons. The Morgan fingerprint density at radius 3 is 2.73 bits per heavy atom. The van der Waals surface area contributed by atoms with E-state index in [9.17, 15) is 4.57 Å². The molecule has 1 rings (SSSR count). The first-order valence-corrected chi connectivity index (χ1v) is 11.0. The van der Waals surface area contributed by atoms with Crippen LogP contribution < -0.4 is 10.4 Å². The maximum atomic E-state index is 12.8. The highest BCUT2D eigenvalue weighted by atomic mass is 35.5. The van der Waals surface area contributed by atoms with Gasteiger partial charge < -0.3 is 9.84 Å². The number of rotatable bonds is 7. The van der Waals surface area contributed by atoms with Crippen LogP contribution in [0.4, 0.5) is 5.69 Å². The SMILES string of the molecule is CCOP(=O)(NC(=S)Nc1cc(Cl)ccc1Cl)SC(C)CC. The summed E-state index contributed by atoms with van der Waals surface area (Å²) in [4.78, 5) is 0. The van der Waals surface area contributed by atoms with Crippen molar-refractivity contribution < 1.29 is 9.09 Å². The summed E-state index contributed by atoms with van der Waals surface area (Å²) < 4.78 is 18.2. The Morgan fingerprint density at radius 2 is 2.14 bits per heavy atom. The van der Waals surface area contributed by atoms with Crippen molar-refractivity contribution >= 4 is 64.3 Å². The van der Waals surface area contributed by atoms with Crippen LogP contribution in [0.15, 0.2) is 18.2 Å². The van der Waals surface area contributed by atoms with Crippen LogP contribution in [0.2, 0.25) is 10.0 Å². The van der Waals surface area contributed by atoms with Crippen molar-refractivity contribution in [2.45, 2.75) is 32.4 Å². The predicted octanol–water partition coefficient (Wildman–Crippen LogP) is 5.96. The number of anilines is 1. The van der Waals surface area contributed by atoms with Gasteiger partial charge in [0, 0.05) is 10.3 Å². The van der Waals surface area contributed by atoms with Gasteiger partial charge in [0.05, 0.1) is 17.3 Å². The van der Waals surface area contributed by atoms with E-state index in [1.807, 2.05) is 13.8 Å². The minimum Gasteiger partial charge on any atom is -0.331 e. The van der Waals surface area contributed by atoms with Gasteiger partial charge in [0.15, 0.2) is 5.11 Å². The molecule has 2 atom stereocenters. The minimum atomic E-state index is -3.13. The van der Waals surface area contributed by atoms with Gasteiger partial charge in [0.25, 0.3) is 0 Å². The molecule has 0 aliphatic heterocycles. The van der Waals surface area contributed by atoms with Crippen molar-refractivity contribution in [1.29, 1.82) is 0 Å². The molecular formula is C13H19Cl2N2O2PS2. The molecule has 1 aromatic carbocycles. The van der Waals surface area contributed by atoms with Crippen molar-refractivity contribution in [2.75, 3.05) is 11.9 Å². The van der Waals surface area contributed by atoms with Crippen LogP contribution in [0, 0.1) is 0 Å². The Morgan fingerprint density at radius 1 is 1.45 bits per heavy atom. The lowest BCUT2D eigenvalue weighted by molar-refractivity contribution is 0.343. The Balaban J connectivity index is 2.79. The fourth-order valence-corrected chi connectivity index (χ4v) is 6.66. The molecule has 0 spiro atoms. The van der Waals surface area contributed by atoms with E-state index in [-0.39, 0.29) is 10.4 Å². The van der Waals surface area contributed by atoms with Gasteiger partial charge in [0.2, 0.25) is 0 Å². The van der Waals surface area contributed by atoms with E-state index in [4.69, 9.17) is 39.9 Å². The van der Waals surface area contributed by atoms with E-state index in [1.165, 1.54) is 11.4 Å².